The Labute approximate surface area is 133 Å². The maximum Gasteiger partial charge on any atom is 0.134 e. The molecule has 0 aliphatic carbocycles. The van der Waals surface area contributed by atoms with Crippen molar-refractivity contribution < 1.29 is 9.15 Å². The van der Waals surface area contributed by atoms with Crippen molar-refractivity contribution in [3.63, 3.8) is 0 Å². The van der Waals surface area contributed by atoms with E-state index in [0.717, 1.165) is 39.4 Å². The van der Waals surface area contributed by atoms with E-state index in [9.17, 15) is 0 Å². The van der Waals surface area contributed by atoms with Crippen molar-refractivity contribution in [1.29, 1.82) is 0 Å². The van der Waals surface area contributed by atoms with E-state index in [-0.39, 0.29) is 5.92 Å². The smallest absolute Gasteiger partial charge is 0.134 e. The molecular weight excluding hydrogens is 284 g/mol. The number of furan rings is 1. The summed E-state index contributed by atoms with van der Waals surface area (Å²) < 4.78 is 12.2. The van der Waals surface area contributed by atoms with E-state index in [1.807, 2.05) is 54.6 Å². The molecule has 5 rings (SSSR count). The van der Waals surface area contributed by atoms with E-state index >= 15 is 0 Å². The molecule has 23 heavy (non-hydrogen) atoms. The summed E-state index contributed by atoms with van der Waals surface area (Å²) in [5.74, 6) is 2.81. The zero-order valence-corrected chi connectivity index (χ0v) is 12.4. The summed E-state index contributed by atoms with van der Waals surface area (Å²) in [4.78, 5) is 0. The van der Waals surface area contributed by atoms with Crippen molar-refractivity contribution in [2.45, 2.75) is 5.92 Å². The maximum atomic E-state index is 6.17. The Bertz CT molecular complexity index is 934. The van der Waals surface area contributed by atoms with Crippen LogP contribution in [-0.4, -0.2) is 0 Å². The highest BCUT2D eigenvalue weighted by Crippen LogP contribution is 2.47. The van der Waals surface area contributed by atoms with Gasteiger partial charge in [-0.25, -0.2) is 0 Å². The van der Waals surface area contributed by atoms with Gasteiger partial charge in [0, 0.05) is 16.5 Å². The molecule has 0 radical (unpaired) electrons. The van der Waals surface area contributed by atoms with Gasteiger partial charge in [0.15, 0.2) is 0 Å². The lowest BCUT2D eigenvalue weighted by molar-refractivity contribution is 0.438. The van der Waals surface area contributed by atoms with Crippen LogP contribution in [0.4, 0.5) is 0 Å². The van der Waals surface area contributed by atoms with Crippen molar-refractivity contribution in [3.8, 4) is 11.5 Å². The van der Waals surface area contributed by atoms with Crippen LogP contribution in [0.2, 0.25) is 0 Å². The lowest BCUT2D eigenvalue weighted by atomic mass is 9.86. The number of ether oxygens (including phenoxy) is 1. The summed E-state index contributed by atoms with van der Waals surface area (Å²) >= 11 is 0. The second kappa shape index (κ2) is 4.75. The van der Waals surface area contributed by atoms with Gasteiger partial charge < -0.3 is 9.15 Å². The maximum absolute atomic E-state index is 6.17. The third-order valence-electron chi connectivity index (χ3n) is 4.41. The molecule has 2 nitrogen and oxygen atoms in total. The van der Waals surface area contributed by atoms with Crippen LogP contribution in [0, 0.1) is 0 Å². The van der Waals surface area contributed by atoms with Gasteiger partial charge in [-0.05, 0) is 24.3 Å². The first-order valence-corrected chi connectivity index (χ1v) is 7.74. The van der Waals surface area contributed by atoms with Crippen molar-refractivity contribution in [3.05, 3.63) is 95.7 Å². The Morgan fingerprint density at radius 3 is 1.96 bits per heavy atom. The van der Waals surface area contributed by atoms with E-state index in [0.29, 0.717) is 0 Å². The minimum absolute atomic E-state index is 0.0588. The molecular formula is C21H14O2. The van der Waals surface area contributed by atoms with Crippen LogP contribution in [0.15, 0.2) is 83.3 Å². The highest BCUT2D eigenvalue weighted by Gasteiger charge is 2.30. The van der Waals surface area contributed by atoms with E-state index in [1.54, 1.807) is 0 Å². The van der Waals surface area contributed by atoms with Gasteiger partial charge in [-0.3, -0.25) is 0 Å². The van der Waals surface area contributed by atoms with E-state index in [4.69, 9.17) is 9.15 Å². The average Bonchev–Trinajstić information content (AvgIpc) is 3.03. The summed E-state index contributed by atoms with van der Waals surface area (Å²) in [6, 6.07) is 26.6. The van der Waals surface area contributed by atoms with Crippen LogP contribution < -0.4 is 4.74 Å². The minimum Gasteiger partial charge on any atom is -0.460 e. The molecule has 0 spiro atoms. The third-order valence-corrected chi connectivity index (χ3v) is 4.41. The summed E-state index contributed by atoms with van der Waals surface area (Å²) in [5, 5.41) is 1.13. The molecule has 2 heterocycles. The molecule has 0 atom stereocenters. The molecule has 0 N–H and O–H groups in total. The SMILES string of the molecule is c1ccc2c(c1)Oc1ccccc1C2c1cc2ccccc2o1. The van der Waals surface area contributed by atoms with E-state index in [1.165, 1.54) is 0 Å². The topological polar surface area (TPSA) is 22.4 Å². The molecule has 0 fully saturated rings. The summed E-state index contributed by atoms with van der Waals surface area (Å²) in [6.45, 7) is 0. The van der Waals surface area contributed by atoms with Gasteiger partial charge in [0.2, 0.25) is 0 Å². The Balaban J connectivity index is 1.78. The number of benzene rings is 3. The second-order valence-electron chi connectivity index (χ2n) is 5.80. The largest absolute Gasteiger partial charge is 0.460 e. The zero-order valence-electron chi connectivity index (χ0n) is 12.4. The molecule has 0 bridgehead atoms. The summed E-state index contributed by atoms with van der Waals surface area (Å²) in [7, 11) is 0. The summed E-state index contributed by atoms with van der Waals surface area (Å²) in [6.07, 6.45) is 0. The zero-order chi connectivity index (χ0) is 15.2. The fourth-order valence-electron chi connectivity index (χ4n) is 3.36. The fraction of sp³-hybridized carbons (Fsp3) is 0.0476. The molecule has 1 aliphatic rings. The molecule has 110 valence electrons. The molecule has 0 saturated heterocycles. The Hall–Kier alpha value is -3.00. The highest BCUT2D eigenvalue weighted by molar-refractivity contribution is 5.78. The van der Waals surface area contributed by atoms with Crippen LogP contribution in [-0.2, 0) is 0 Å². The van der Waals surface area contributed by atoms with Crippen LogP contribution in [0.5, 0.6) is 11.5 Å². The monoisotopic (exact) mass is 298 g/mol. The Kier molecular flexibility index (Phi) is 2.59. The average molecular weight is 298 g/mol. The quantitative estimate of drug-likeness (QED) is 0.395. The van der Waals surface area contributed by atoms with Gasteiger partial charge in [0.1, 0.15) is 22.8 Å². The van der Waals surface area contributed by atoms with Crippen LogP contribution >= 0.6 is 0 Å². The van der Waals surface area contributed by atoms with Gasteiger partial charge in [-0.15, -0.1) is 0 Å². The van der Waals surface area contributed by atoms with E-state index in [2.05, 4.69) is 24.3 Å². The Morgan fingerprint density at radius 2 is 1.26 bits per heavy atom. The number of hydrogen-bond donors (Lipinski definition) is 0. The Morgan fingerprint density at radius 1 is 0.652 bits per heavy atom. The van der Waals surface area contributed by atoms with Crippen molar-refractivity contribution in [2.24, 2.45) is 0 Å². The molecule has 4 aromatic rings. The van der Waals surface area contributed by atoms with E-state index < -0.39 is 0 Å². The third kappa shape index (κ3) is 1.88. The van der Waals surface area contributed by atoms with Gasteiger partial charge in [-0.2, -0.15) is 0 Å². The molecule has 1 aliphatic heterocycles. The normalized spacial score (nSPS) is 13.4. The van der Waals surface area contributed by atoms with Crippen molar-refractivity contribution in [1.82, 2.24) is 0 Å². The number of rotatable bonds is 1. The predicted molar refractivity (Wildman–Crippen MR) is 90.1 cm³/mol. The van der Waals surface area contributed by atoms with Crippen LogP contribution in [0.3, 0.4) is 0 Å². The molecule has 0 amide bonds. The lowest BCUT2D eigenvalue weighted by Crippen LogP contribution is -2.10. The molecule has 0 saturated carbocycles. The predicted octanol–water partition coefficient (Wildman–Crippen LogP) is 5.72. The van der Waals surface area contributed by atoms with Gasteiger partial charge in [0.25, 0.3) is 0 Å². The number of fused-ring (bicyclic) bond motifs is 3. The molecule has 1 aromatic heterocycles. The molecule has 0 unspecified atom stereocenters. The lowest BCUT2D eigenvalue weighted by Gasteiger charge is -2.26. The van der Waals surface area contributed by atoms with Gasteiger partial charge >= 0.3 is 0 Å². The first kappa shape index (κ1) is 12.5. The summed E-state index contributed by atoms with van der Waals surface area (Å²) in [5.41, 5.74) is 3.21. The number of hydrogen-bond acceptors (Lipinski definition) is 2. The fourth-order valence-corrected chi connectivity index (χ4v) is 3.36. The van der Waals surface area contributed by atoms with Crippen LogP contribution in [0.1, 0.15) is 22.8 Å². The highest BCUT2D eigenvalue weighted by atomic mass is 16.5. The molecule has 2 heteroatoms. The van der Waals surface area contributed by atoms with Gasteiger partial charge in [-0.1, -0.05) is 54.6 Å². The first-order chi connectivity index (χ1) is 11.4. The standard InChI is InChI=1S/C21H14O2/c1-4-10-17-14(7-1)13-20(22-17)21-15-8-2-5-11-18(15)23-19-12-6-3-9-16(19)21/h1-13,21H. The number of para-hydroxylation sites is 3. The van der Waals surface area contributed by atoms with Crippen molar-refractivity contribution in [2.75, 3.05) is 0 Å². The molecule has 3 aromatic carbocycles. The second-order valence-corrected chi connectivity index (χ2v) is 5.80. The first-order valence-electron chi connectivity index (χ1n) is 7.74. The van der Waals surface area contributed by atoms with Crippen molar-refractivity contribution >= 4 is 11.0 Å². The van der Waals surface area contributed by atoms with Crippen LogP contribution in [0.25, 0.3) is 11.0 Å². The minimum atomic E-state index is 0.0588. The van der Waals surface area contributed by atoms with Gasteiger partial charge in [0.05, 0.1) is 5.92 Å².